The van der Waals surface area contributed by atoms with Crippen molar-refractivity contribution in [3.8, 4) is 0 Å². The Morgan fingerprint density at radius 3 is 2.55 bits per heavy atom. The molecule has 29 heavy (non-hydrogen) atoms. The molecule has 4 heterocycles. The number of hydrogen-bond acceptors (Lipinski definition) is 5. The van der Waals surface area contributed by atoms with Crippen LogP contribution in [0.25, 0.3) is 0 Å². The number of fused-ring (bicyclic) bond motifs is 1. The second-order valence-corrected chi connectivity index (χ2v) is 7.64. The van der Waals surface area contributed by atoms with Crippen molar-refractivity contribution >= 4 is 5.91 Å². The molecule has 0 unspecified atom stereocenters. The molecule has 150 valence electrons. The summed E-state index contributed by atoms with van der Waals surface area (Å²) in [6.45, 7) is 6.14. The van der Waals surface area contributed by atoms with Gasteiger partial charge in [-0.1, -0.05) is 12.1 Å². The molecule has 1 N–H and O–H groups in total. The van der Waals surface area contributed by atoms with Crippen LogP contribution in [-0.2, 0) is 24.3 Å². The zero-order chi connectivity index (χ0) is 20.2. The number of rotatable bonds is 6. The summed E-state index contributed by atoms with van der Waals surface area (Å²) in [6.07, 6.45) is 9.84. The third-order valence-corrected chi connectivity index (χ3v) is 5.27. The molecule has 1 atom stereocenters. The summed E-state index contributed by atoms with van der Waals surface area (Å²) in [4.78, 5) is 28.6. The Labute approximate surface area is 170 Å². The Hall–Kier alpha value is -3.06. The largest absolute Gasteiger partial charge is 0.350 e. The first kappa shape index (κ1) is 19.3. The number of carbonyl (C=O) groups is 1. The summed E-state index contributed by atoms with van der Waals surface area (Å²) in [5, 5.41) is 3.10. The topological polar surface area (TPSA) is 75.9 Å². The molecule has 7 heteroatoms. The van der Waals surface area contributed by atoms with Gasteiger partial charge in [0.05, 0.1) is 17.7 Å². The summed E-state index contributed by atoms with van der Waals surface area (Å²) in [7, 11) is 0. The van der Waals surface area contributed by atoms with E-state index in [2.05, 4.69) is 43.6 Å². The van der Waals surface area contributed by atoms with Crippen molar-refractivity contribution in [2.45, 2.75) is 45.4 Å². The summed E-state index contributed by atoms with van der Waals surface area (Å²) in [6, 6.07) is 7.67. The first-order valence-corrected chi connectivity index (χ1v) is 9.98. The molecule has 0 saturated heterocycles. The van der Waals surface area contributed by atoms with E-state index in [9.17, 15) is 4.79 Å². The van der Waals surface area contributed by atoms with E-state index in [1.54, 1.807) is 18.6 Å². The van der Waals surface area contributed by atoms with E-state index in [1.807, 2.05) is 36.8 Å². The van der Waals surface area contributed by atoms with Crippen molar-refractivity contribution in [3.63, 3.8) is 0 Å². The standard InChI is InChI=1S/C22H26N6O/c1-16(2)28-15-26-19-7-10-27(14-18-6-4-9-24-12-18)21(20(19)28)22(29)25-13-17-5-3-8-23-11-17/h3-6,8-9,11-12,15-16,21H,7,10,13-14H2,1-2H3,(H,25,29)/t21-/m1/s1. The maximum Gasteiger partial charge on any atom is 0.243 e. The van der Waals surface area contributed by atoms with Gasteiger partial charge in [0.1, 0.15) is 6.04 Å². The average Bonchev–Trinajstić information content (AvgIpc) is 3.18. The van der Waals surface area contributed by atoms with Crippen LogP contribution in [0.2, 0.25) is 0 Å². The number of nitrogens with zero attached hydrogens (tertiary/aromatic N) is 5. The number of imidazole rings is 1. The van der Waals surface area contributed by atoms with E-state index >= 15 is 0 Å². The third kappa shape index (κ3) is 4.19. The molecule has 1 aliphatic rings. The van der Waals surface area contributed by atoms with E-state index < -0.39 is 0 Å². The van der Waals surface area contributed by atoms with Crippen LogP contribution in [0.15, 0.2) is 55.4 Å². The lowest BCUT2D eigenvalue weighted by molar-refractivity contribution is -0.127. The Morgan fingerprint density at radius 2 is 1.90 bits per heavy atom. The predicted octanol–water partition coefficient (Wildman–Crippen LogP) is 2.67. The number of hydrogen-bond donors (Lipinski definition) is 1. The van der Waals surface area contributed by atoms with Gasteiger partial charge in [-0.3, -0.25) is 19.7 Å². The first-order valence-electron chi connectivity index (χ1n) is 9.98. The van der Waals surface area contributed by atoms with Gasteiger partial charge in [0.25, 0.3) is 0 Å². The molecule has 0 radical (unpaired) electrons. The van der Waals surface area contributed by atoms with E-state index in [4.69, 9.17) is 0 Å². The molecule has 1 aliphatic heterocycles. The molecule has 7 nitrogen and oxygen atoms in total. The van der Waals surface area contributed by atoms with Crippen molar-refractivity contribution in [2.24, 2.45) is 0 Å². The maximum atomic E-state index is 13.4. The highest BCUT2D eigenvalue weighted by molar-refractivity contribution is 5.83. The van der Waals surface area contributed by atoms with Gasteiger partial charge in [-0.2, -0.15) is 0 Å². The molecule has 0 fully saturated rings. The van der Waals surface area contributed by atoms with E-state index in [1.165, 1.54) is 0 Å². The Kier molecular flexibility index (Phi) is 5.67. The van der Waals surface area contributed by atoms with Gasteiger partial charge in [-0.05, 0) is 37.1 Å². The van der Waals surface area contributed by atoms with Gasteiger partial charge in [0.2, 0.25) is 5.91 Å². The maximum absolute atomic E-state index is 13.4. The minimum absolute atomic E-state index is 0.0129. The molecule has 0 bridgehead atoms. The molecular weight excluding hydrogens is 364 g/mol. The summed E-state index contributed by atoms with van der Waals surface area (Å²) in [5.41, 5.74) is 4.09. The highest BCUT2D eigenvalue weighted by Gasteiger charge is 2.36. The van der Waals surface area contributed by atoms with Crippen molar-refractivity contribution in [2.75, 3.05) is 6.54 Å². The van der Waals surface area contributed by atoms with E-state index in [0.29, 0.717) is 13.1 Å². The second kappa shape index (κ2) is 8.53. The Balaban J connectivity index is 1.62. The molecule has 0 saturated carbocycles. The van der Waals surface area contributed by atoms with Gasteiger partial charge in [0, 0.05) is 56.9 Å². The van der Waals surface area contributed by atoms with Crippen molar-refractivity contribution in [3.05, 3.63) is 77.9 Å². The lowest BCUT2D eigenvalue weighted by Gasteiger charge is -2.35. The fourth-order valence-corrected chi connectivity index (χ4v) is 3.84. The van der Waals surface area contributed by atoms with E-state index in [0.717, 1.165) is 35.5 Å². The number of aromatic nitrogens is 4. The SMILES string of the molecule is CC(C)n1cnc2c1[C@H](C(=O)NCc1cccnc1)N(Cc1cccnc1)CC2. The van der Waals surface area contributed by atoms with Crippen LogP contribution >= 0.6 is 0 Å². The van der Waals surface area contributed by atoms with Gasteiger partial charge in [-0.15, -0.1) is 0 Å². The summed E-state index contributed by atoms with van der Waals surface area (Å²) >= 11 is 0. The third-order valence-electron chi connectivity index (χ3n) is 5.27. The van der Waals surface area contributed by atoms with Crippen molar-refractivity contribution in [1.29, 1.82) is 0 Å². The number of pyridine rings is 2. The number of amides is 1. The molecule has 0 aliphatic carbocycles. The zero-order valence-electron chi connectivity index (χ0n) is 16.8. The molecule has 4 rings (SSSR count). The van der Waals surface area contributed by atoms with Gasteiger partial charge in [-0.25, -0.2) is 4.98 Å². The molecule has 1 amide bonds. The number of nitrogens with one attached hydrogen (secondary N) is 1. The predicted molar refractivity (Wildman–Crippen MR) is 110 cm³/mol. The van der Waals surface area contributed by atoms with Gasteiger partial charge >= 0.3 is 0 Å². The smallest absolute Gasteiger partial charge is 0.243 e. The monoisotopic (exact) mass is 390 g/mol. The summed E-state index contributed by atoms with van der Waals surface area (Å²) in [5.74, 6) is -0.0129. The van der Waals surface area contributed by atoms with Crippen LogP contribution in [0.1, 0.15) is 48.4 Å². The lowest BCUT2D eigenvalue weighted by Crippen LogP contribution is -2.45. The van der Waals surface area contributed by atoms with Crippen LogP contribution in [0.4, 0.5) is 0 Å². The highest BCUT2D eigenvalue weighted by atomic mass is 16.2. The van der Waals surface area contributed by atoms with Crippen molar-refractivity contribution in [1.82, 2.24) is 29.7 Å². The van der Waals surface area contributed by atoms with Crippen molar-refractivity contribution < 1.29 is 4.79 Å². The van der Waals surface area contributed by atoms with Gasteiger partial charge < -0.3 is 9.88 Å². The minimum atomic E-state index is -0.388. The molecule has 0 aromatic carbocycles. The summed E-state index contributed by atoms with van der Waals surface area (Å²) < 4.78 is 2.12. The molecule has 0 spiro atoms. The normalized spacial score (nSPS) is 16.6. The van der Waals surface area contributed by atoms with Crippen LogP contribution < -0.4 is 5.32 Å². The minimum Gasteiger partial charge on any atom is -0.350 e. The second-order valence-electron chi connectivity index (χ2n) is 7.64. The molecule has 3 aromatic heterocycles. The quantitative estimate of drug-likeness (QED) is 0.700. The van der Waals surface area contributed by atoms with Crippen LogP contribution in [-0.4, -0.2) is 36.9 Å². The zero-order valence-corrected chi connectivity index (χ0v) is 16.8. The average molecular weight is 390 g/mol. The van der Waals surface area contributed by atoms with Gasteiger partial charge in [0.15, 0.2) is 0 Å². The fraction of sp³-hybridized carbons (Fsp3) is 0.364. The molecular formula is C22H26N6O. The Morgan fingerprint density at radius 1 is 1.17 bits per heavy atom. The lowest BCUT2D eigenvalue weighted by atomic mass is 10.00. The van der Waals surface area contributed by atoms with Crippen LogP contribution in [0, 0.1) is 0 Å². The molecule has 3 aromatic rings. The highest BCUT2D eigenvalue weighted by Crippen LogP contribution is 2.32. The Bertz CT molecular complexity index is 954. The fourth-order valence-electron chi connectivity index (χ4n) is 3.84. The van der Waals surface area contributed by atoms with E-state index in [-0.39, 0.29) is 18.0 Å². The first-order chi connectivity index (χ1) is 14.1. The van der Waals surface area contributed by atoms with Crippen LogP contribution in [0.5, 0.6) is 0 Å². The van der Waals surface area contributed by atoms with Crippen LogP contribution in [0.3, 0.4) is 0 Å². The number of carbonyl (C=O) groups excluding carboxylic acids is 1.